The number of carboxylic acid groups (broad SMARTS) is 1. The van der Waals surface area contributed by atoms with E-state index in [9.17, 15) is 4.79 Å². The van der Waals surface area contributed by atoms with Crippen molar-refractivity contribution in [3.8, 4) is 11.5 Å². The van der Waals surface area contributed by atoms with Gasteiger partial charge in [-0.1, -0.05) is 96.3 Å². The molecule has 0 aliphatic rings. The van der Waals surface area contributed by atoms with E-state index in [1.54, 1.807) is 14.2 Å². The van der Waals surface area contributed by atoms with Crippen LogP contribution in [0.4, 0.5) is 4.79 Å². The third kappa shape index (κ3) is 17.3. The summed E-state index contributed by atoms with van der Waals surface area (Å²) >= 11 is 0. The van der Waals surface area contributed by atoms with Gasteiger partial charge in [0.15, 0.2) is 0 Å². The smallest absolute Gasteiger partial charge is 0.404 e. The topological polar surface area (TPSA) is 67.8 Å². The zero-order valence-electron chi connectivity index (χ0n) is 21.3. The van der Waals surface area contributed by atoms with Gasteiger partial charge in [0.1, 0.15) is 11.5 Å². The van der Waals surface area contributed by atoms with Crippen LogP contribution in [0.1, 0.15) is 115 Å². The van der Waals surface area contributed by atoms with Gasteiger partial charge in [0.05, 0.1) is 14.2 Å². The quantitative estimate of drug-likeness (QED) is 0.170. The van der Waals surface area contributed by atoms with Crippen LogP contribution >= 0.6 is 0 Å². The number of unbranched alkanes of at least 4 members (excludes halogenated alkanes) is 16. The number of ether oxygens (including phenoxy) is 2. The number of hydrogen-bond donors (Lipinski definition) is 2. The van der Waals surface area contributed by atoms with Crippen molar-refractivity contribution >= 4 is 6.09 Å². The van der Waals surface area contributed by atoms with E-state index in [0.717, 1.165) is 30.8 Å². The monoisotopic (exact) mass is 463 g/mol. The van der Waals surface area contributed by atoms with Gasteiger partial charge in [-0.25, -0.2) is 4.79 Å². The average Bonchev–Trinajstić information content (AvgIpc) is 2.82. The van der Waals surface area contributed by atoms with E-state index in [4.69, 9.17) is 14.6 Å². The maximum Gasteiger partial charge on any atom is 0.404 e. The lowest BCUT2D eigenvalue weighted by atomic mass is 10.0. The van der Waals surface area contributed by atoms with Crippen LogP contribution < -0.4 is 14.8 Å². The van der Waals surface area contributed by atoms with Crippen molar-refractivity contribution in [3.63, 3.8) is 0 Å². The normalized spacial score (nSPS) is 10.8. The third-order valence-corrected chi connectivity index (χ3v) is 6.33. The molecule has 0 atom stereocenters. The largest absolute Gasteiger partial charge is 0.497 e. The molecular formula is C28H49NO4. The summed E-state index contributed by atoms with van der Waals surface area (Å²) in [6.07, 6.45) is 22.5. The lowest BCUT2D eigenvalue weighted by molar-refractivity contribution is 0.194. The van der Waals surface area contributed by atoms with Crippen molar-refractivity contribution in [1.82, 2.24) is 5.32 Å². The van der Waals surface area contributed by atoms with E-state index < -0.39 is 6.09 Å². The molecule has 1 aromatic carbocycles. The summed E-state index contributed by atoms with van der Waals surface area (Å²) in [6, 6.07) is 6.17. The number of benzene rings is 1. The minimum atomic E-state index is -0.909. The molecule has 1 aromatic rings. The summed E-state index contributed by atoms with van der Waals surface area (Å²) in [5, 5.41) is 10.9. The van der Waals surface area contributed by atoms with Gasteiger partial charge < -0.3 is 19.9 Å². The SMILES string of the molecule is COc1cc(CCCCCCCCCCCCCCCCCCCNC(=O)O)cc(OC)c1. The number of hydrogen-bond acceptors (Lipinski definition) is 3. The van der Waals surface area contributed by atoms with Gasteiger partial charge in [0, 0.05) is 12.6 Å². The zero-order chi connectivity index (χ0) is 24.0. The Morgan fingerprint density at radius 2 is 1.00 bits per heavy atom. The molecule has 0 aliphatic carbocycles. The fourth-order valence-electron chi connectivity index (χ4n) is 4.31. The predicted molar refractivity (Wildman–Crippen MR) is 138 cm³/mol. The van der Waals surface area contributed by atoms with Gasteiger partial charge in [-0.15, -0.1) is 0 Å². The molecule has 1 amide bonds. The summed E-state index contributed by atoms with van der Waals surface area (Å²) in [6.45, 7) is 0.593. The molecule has 0 radical (unpaired) electrons. The molecule has 0 saturated carbocycles. The lowest BCUT2D eigenvalue weighted by Gasteiger charge is -2.08. The molecule has 0 fully saturated rings. The standard InChI is InChI=1S/C28H49NO4/c1-32-26-22-25(23-27(24-26)33-2)20-18-16-14-12-10-8-6-4-3-5-7-9-11-13-15-17-19-21-29-28(30)31/h22-24,29H,3-21H2,1-2H3,(H,30,31). The Labute approximate surface area is 202 Å². The molecule has 0 unspecified atom stereocenters. The average molecular weight is 464 g/mol. The Kier molecular flexibility index (Phi) is 18.2. The first-order chi connectivity index (χ1) is 16.2. The number of nitrogens with one attached hydrogen (secondary N) is 1. The molecule has 33 heavy (non-hydrogen) atoms. The second-order valence-corrected chi connectivity index (χ2v) is 9.21. The first-order valence-electron chi connectivity index (χ1n) is 13.3. The molecule has 0 heterocycles. The maximum absolute atomic E-state index is 10.3. The van der Waals surface area contributed by atoms with Gasteiger partial charge in [0.2, 0.25) is 0 Å². The number of rotatable bonds is 22. The highest BCUT2D eigenvalue weighted by molar-refractivity contribution is 5.64. The first kappa shape index (κ1) is 29.1. The highest BCUT2D eigenvalue weighted by Gasteiger charge is 2.02. The fourth-order valence-corrected chi connectivity index (χ4v) is 4.31. The summed E-state index contributed by atoms with van der Waals surface area (Å²) in [4.78, 5) is 10.3. The third-order valence-electron chi connectivity index (χ3n) is 6.33. The summed E-state index contributed by atoms with van der Waals surface area (Å²) in [5.74, 6) is 1.76. The number of amides is 1. The van der Waals surface area contributed by atoms with Crippen LogP contribution in [0.2, 0.25) is 0 Å². The molecule has 0 spiro atoms. The molecule has 0 aromatic heterocycles. The number of aryl methyl sites for hydroxylation is 1. The first-order valence-corrected chi connectivity index (χ1v) is 13.3. The van der Waals surface area contributed by atoms with E-state index in [1.807, 2.05) is 6.07 Å². The maximum atomic E-state index is 10.3. The zero-order valence-corrected chi connectivity index (χ0v) is 21.3. The highest BCUT2D eigenvalue weighted by Crippen LogP contribution is 2.24. The Bertz CT molecular complexity index is 583. The fraction of sp³-hybridized carbons (Fsp3) is 0.750. The van der Waals surface area contributed by atoms with Gasteiger partial charge in [-0.2, -0.15) is 0 Å². The van der Waals surface area contributed by atoms with Crippen LogP contribution in [0.5, 0.6) is 11.5 Å². The van der Waals surface area contributed by atoms with Crippen LogP contribution in [0.25, 0.3) is 0 Å². The lowest BCUT2D eigenvalue weighted by Crippen LogP contribution is -2.21. The van der Waals surface area contributed by atoms with Gasteiger partial charge in [0.25, 0.3) is 0 Å². The Morgan fingerprint density at radius 3 is 1.36 bits per heavy atom. The van der Waals surface area contributed by atoms with Gasteiger partial charge in [-0.3, -0.25) is 0 Å². The molecule has 0 saturated heterocycles. The van der Waals surface area contributed by atoms with Gasteiger partial charge >= 0.3 is 6.09 Å². The highest BCUT2D eigenvalue weighted by atomic mass is 16.5. The van der Waals surface area contributed by atoms with Crippen molar-refractivity contribution < 1.29 is 19.4 Å². The van der Waals surface area contributed by atoms with E-state index in [-0.39, 0.29) is 0 Å². The van der Waals surface area contributed by atoms with Gasteiger partial charge in [-0.05, 0) is 37.0 Å². The summed E-state index contributed by atoms with van der Waals surface area (Å²) in [7, 11) is 3.41. The minimum Gasteiger partial charge on any atom is -0.497 e. The van der Waals surface area contributed by atoms with Crippen molar-refractivity contribution in [2.24, 2.45) is 0 Å². The predicted octanol–water partition coefficient (Wildman–Crippen LogP) is 8.15. The van der Waals surface area contributed by atoms with Crippen LogP contribution in [-0.2, 0) is 6.42 Å². The Balaban J connectivity index is 1.80. The van der Waals surface area contributed by atoms with Crippen LogP contribution in [0.3, 0.4) is 0 Å². The molecular weight excluding hydrogens is 414 g/mol. The van der Waals surface area contributed by atoms with E-state index in [2.05, 4.69) is 17.4 Å². The molecule has 0 aliphatic heterocycles. The van der Waals surface area contributed by atoms with Crippen LogP contribution in [0.15, 0.2) is 18.2 Å². The van der Waals surface area contributed by atoms with Crippen LogP contribution in [0, 0.1) is 0 Å². The number of methoxy groups -OCH3 is 2. The molecule has 1 rings (SSSR count). The molecule has 190 valence electrons. The molecule has 2 N–H and O–H groups in total. The van der Waals surface area contributed by atoms with Crippen molar-refractivity contribution in [2.45, 2.75) is 116 Å². The summed E-state index contributed by atoms with van der Waals surface area (Å²) in [5.41, 5.74) is 1.30. The minimum absolute atomic E-state index is 0.593. The second-order valence-electron chi connectivity index (χ2n) is 9.21. The van der Waals surface area contributed by atoms with E-state index >= 15 is 0 Å². The molecule has 5 heteroatoms. The molecule has 0 bridgehead atoms. The molecule has 5 nitrogen and oxygen atoms in total. The van der Waals surface area contributed by atoms with Crippen molar-refractivity contribution in [2.75, 3.05) is 20.8 Å². The van der Waals surface area contributed by atoms with Crippen molar-refractivity contribution in [1.29, 1.82) is 0 Å². The second kappa shape index (κ2) is 20.7. The Morgan fingerprint density at radius 1 is 0.636 bits per heavy atom. The number of carbonyl (C=O) groups is 1. The van der Waals surface area contributed by atoms with E-state index in [0.29, 0.717) is 6.54 Å². The summed E-state index contributed by atoms with van der Waals surface area (Å²) < 4.78 is 10.7. The Hall–Kier alpha value is -1.91. The van der Waals surface area contributed by atoms with Crippen LogP contribution in [-0.4, -0.2) is 32.0 Å². The van der Waals surface area contributed by atoms with E-state index in [1.165, 1.54) is 102 Å². The van der Waals surface area contributed by atoms with Crippen molar-refractivity contribution in [3.05, 3.63) is 23.8 Å².